The van der Waals surface area contributed by atoms with Crippen molar-refractivity contribution in [3.05, 3.63) is 23.8 Å². The Labute approximate surface area is 84.8 Å². The Morgan fingerprint density at radius 3 is 2.29 bits per heavy atom. The van der Waals surface area contributed by atoms with Gasteiger partial charge >= 0.3 is 0 Å². The van der Waals surface area contributed by atoms with E-state index in [0.29, 0.717) is 5.75 Å². The maximum atomic E-state index is 5.20. The van der Waals surface area contributed by atoms with Crippen LogP contribution in [-0.4, -0.2) is 7.11 Å². The summed E-state index contributed by atoms with van der Waals surface area (Å²) >= 11 is 0. The topological polar surface area (TPSA) is 44.5 Å². The van der Waals surface area contributed by atoms with Gasteiger partial charge in [0.15, 0.2) is 5.75 Å². The van der Waals surface area contributed by atoms with E-state index >= 15 is 0 Å². The van der Waals surface area contributed by atoms with Gasteiger partial charge in [-0.3, -0.25) is 0 Å². The summed E-state index contributed by atoms with van der Waals surface area (Å²) < 4.78 is 5.15. The lowest BCUT2D eigenvalue weighted by molar-refractivity contribution is 0.322. The molecule has 0 fully saturated rings. The molecule has 1 aromatic carbocycles. The summed E-state index contributed by atoms with van der Waals surface area (Å²) in [6.45, 7) is 6.30. The third kappa shape index (κ3) is 2.17. The third-order valence-corrected chi connectivity index (χ3v) is 2.12. The van der Waals surface area contributed by atoms with E-state index in [2.05, 4.69) is 20.8 Å². The maximum Gasteiger partial charge on any atom is 0.150 e. The highest BCUT2D eigenvalue weighted by Crippen LogP contribution is 2.33. The highest BCUT2D eigenvalue weighted by Gasteiger charge is 2.19. The zero-order valence-electron chi connectivity index (χ0n) is 9.13. The lowest BCUT2D eigenvalue weighted by Gasteiger charge is -2.22. The molecule has 3 heteroatoms. The van der Waals surface area contributed by atoms with Crippen LogP contribution in [0.2, 0.25) is 0 Å². The highest BCUT2D eigenvalue weighted by atomic mass is 16.6. The van der Waals surface area contributed by atoms with Gasteiger partial charge in [0, 0.05) is 5.56 Å². The number of methoxy groups -OCH3 is 1. The van der Waals surface area contributed by atoms with E-state index in [1.165, 1.54) is 0 Å². The van der Waals surface area contributed by atoms with Crippen LogP contribution in [0.1, 0.15) is 26.3 Å². The molecule has 3 nitrogen and oxygen atoms in total. The molecule has 0 aliphatic carbocycles. The average molecular weight is 195 g/mol. The number of nitrogens with two attached hydrogens (primary N) is 1. The summed E-state index contributed by atoms with van der Waals surface area (Å²) in [4.78, 5) is 4.82. The van der Waals surface area contributed by atoms with E-state index in [-0.39, 0.29) is 5.41 Å². The van der Waals surface area contributed by atoms with E-state index in [9.17, 15) is 0 Å². The Balaban J connectivity index is 3.22. The quantitative estimate of drug-likeness (QED) is 0.736. The van der Waals surface area contributed by atoms with Crippen LogP contribution in [0.25, 0.3) is 0 Å². The van der Waals surface area contributed by atoms with Crippen molar-refractivity contribution in [3.63, 3.8) is 0 Å². The van der Waals surface area contributed by atoms with Gasteiger partial charge < -0.3 is 9.57 Å². The van der Waals surface area contributed by atoms with Gasteiger partial charge in [0.25, 0.3) is 0 Å². The molecule has 0 spiro atoms. The Hall–Kier alpha value is -1.22. The Morgan fingerprint density at radius 1 is 1.21 bits per heavy atom. The Morgan fingerprint density at radius 2 is 1.86 bits per heavy atom. The summed E-state index contributed by atoms with van der Waals surface area (Å²) in [5, 5.41) is 0. The largest absolute Gasteiger partial charge is 0.497 e. The molecule has 1 aromatic rings. The first-order valence-electron chi connectivity index (χ1n) is 4.54. The van der Waals surface area contributed by atoms with E-state index in [1.807, 2.05) is 18.2 Å². The summed E-state index contributed by atoms with van der Waals surface area (Å²) in [6, 6.07) is 5.60. The Kier molecular flexibility index (Phi) is 3.01. The minimum atomic E-state index is -0.0107. The van der Waals surface area contributed by atoms with Crippen LogP contribution in [0.3, 0.4) is 0 Å². The molecule has 0 unspecified atom stereocenters. The fourth-order valence-electron chi connectivity index (χ4n) is 1.32. The lowest BCUT2D eigenvalue weighted by Crippen LogP contribution is -2.15. The minimum absolute atomic E-state index is 0.0107. The monoisotopic (exact) mass is 195 g/mol. The van der Waals surface area contributed by atoms with Gasteiger partial charge in [0.05, 0.1) is 7.11 Å². The molecule has 0 aliphatic rings. The number of ether oxygens (including phenoxy) is 1. The molecular formula is C11H17NO2. The molecule has 0 saturated carbocycles. The van der Waals surface area contributed by atoms with E-state index < -0.39 is 0 Å². The van der Waals surface area contributed by atoms with Crippen LogP contribution >= 0.6 is 0 Å². The predicted molar refractivity (Wildman–Crippen MR) is 56.5 cm³/mol. The van der Waals surface area contributed by atoms with Crippen molar-refractivity contribution in [2.45, 2.75) is 26.2 Å². The van der Waals surface area contributed by atoms with Crippen LogP contribution in [0.5, 0.6) is 11.5 Å². The SMILES string of the molecule is COc1ccc(ON)c(C(C)(C)C)c1. The molecule has 0 atom stereocenters. The molecule has 0 aromatic heterocycles. The van der Waals surface area contributed by atoms with Crippen molar-refractivity contribution < 1.29 is 9.57 Å². The predicted octanol–water partition coefficient (Wildman–Crippen LogP) is 2.25. The van der Waals surface area contributed by atoms with E-state index in [4.69, 9.17) is 15.5 Å². The van der Waals surface area contributed by atoms with Crippen molar-refractivity contribution in [1.82, 2.24) is 0 Å². The van der Waals surface area contributed by atoms with Crippen LogP contribution in [0.4, 0.5) is 0 Å². The first kappa shape index (κ1) is 10.9. The zero-order chi connectivity index (χ0) is 10.8. The van der Waals surface area contributed by atoms with Gasteiger partial charge in [-0.05, 0) is 23.6 Å². The molecule has 0 saturated heterocycles. The number of hydrogen-bond acceptors (Lipinski definition) is 3. The second-order valence-corrected chi connectivity index (χ2v) is 4.23. The average Bonchev–Trinajstić information content (AvgIpc) is 2.15. The molecule has 0 bridgehead atoms. The van der Waals surface area contributed by atoms with Gasteiger partial charge in [0.2, 0.25) is 0 Å². The number of benzene rings is 1. The fraction of sp³-hybridized carbons (Fsp3) is 0.455. The molecule has 1 rings (SSSR count). The molecule has 0 aliphatic heterocycles. The van der Waals surface area contributed by atoms with E-state index in [1.54, 1.807) is 7.11 Å². The Bertz CT molecular complexity index is 316. The van der Waals surface area contributed by atoms with Gasteiger partial charge in [-0.25, -0.2) is 0 Å². The summed E-state index contributed by atoms with van der Waals surface area (Å²) in [5.74, 6) is 6.71. The molecule has 0 amide bonds. The maximum absolute atomic E-state index is 5.20. The first-order valence-corrected chi connectivity index (χ1v) is 4.54. The van der Waals surface area contributed by atoms with Crippen LogP contribution in [0, 0.1) is 0 Å². The van der Waals surface area contributed by atoms with Crippen molar-refractivity contribution in [2.24, 2.45) is 5.90 Å². The fourth-order valence-corrected chi connectivity index (χ4v) is 1.32. The van der Waals surface area contributed by atoms with Gasteiger partial charge in [-0.2, -0.15) is 5.90 Å². The molecule has 0 heterocycles. The van der Waals surface area contributed by atoms with Gasteiger partial charge in [-0.1, -0.05) is 20.8 Å². The summed E-state index contributed by atoms with van der Waals surface area (Å²) in [6.07, 6.45) is 0. The second-order valence-electron chi connectivity index (χ2n) is 4.23. The van der Waals surface area contributed by atoms with Crippen LogP contribution in [-0.2, 0) is 5.41 Å². The van der Waals surface area contributed by atoms with Crippen LogP contribution < -0.4 is 15.5 Å². The third-order valence-electron chi connectivity index (χ3n) is 2.12. The van der Waals surface area contributed by atoms with Crippen molar-refractivity contribution in [1.29, 1.82) is 0 Å². The zero-order valence-corrected chi connectivity index (χ0v) is 9.13. The number of hydrogen-bond donors (Lipinski definition) is 1. The normalized spacial score (nSPS) is 11.2. The van der Waals surface area contributed by atoms with Crippen molar-refractivity contribution in [2.75, 3.05) is 7.11 Å². The first-order chi connectivity index (χ1) is 6.49. The smallest absolute Gasteiger partial charge is 0.150 e. The van der Waals surface area contributed by atoms with Crippen molar-refractivity contribution in [3.8, 4) is 11.5 Å². The van der Waals surface area contributed by atoms with Gasteiger partial charge in [-0.15, -0.1) is 0 Å². The number of rotatable bonds is 2. The lowest BCUT2D eigenvalue weighted by atomic mass is 9.86. The molecular weight excluding hydrogens is 178 g/mol. The molecule has 14 heavy (non-hydrogen) atoms. The second kappa shape index (κ2) is 3.88. The van der Waals surface area contributed by atoms with Crippen LogP contribution in [0.15, 0.2) is 18.2 Å². The highest BCUT2D eigenvalue weighted by molar-refractivity contribution is 5.43. The molecule has 2 N–H and O–H groups in total. The standard InChI is InChI=1S/C11H17NO2/c1-11(2,3)9-7-8(13-4)5-6-10(9)14-12/h5-7H,12H2,1-4H3. The van der Waals surface area contributed by atoms with Gasteiger partial charge in [0.1, 0.15) is 5.75 Å². The van der Waals surface area contributed by atoms with Crippen molar-refractivity contribution >= 4 is 0 Å². The molecule has 0 radical (unpaired) electrons. The van der Waals surface area contributed by atoms with E-state index in [0.717, 1.165) is 11.3 Å². The summed E-state index contributed by atoms with van der Waals surface area (Å²) in [7, 11) is 1.64. The molecule has 78 valence electrons. The minimum Gasteiger partial charge on any atom is -0.497 e. The summed E-state index contributed by atoms with van der Waals surface area (Å²) in [5.41, 5.74) is 1.03.